The number of carbonyl (C=O) groups is 1. The molecule has 17 heavy (non-hydrogen) atoms. The van der Waals surface area contributed by atoms with Crippen LogP contribution in [0.1, 0.15) is 48.2 Å². The van der Waals surface area contributed by atoms with Gasteiger partial charge in [0.1, 0.15) is 0 Å². The van der Waals surface area contributed by atoms with Crippen LogP contribution in [0.3, 0.4) is 0 Å². The van der Waals surface area contributed by atoms with Crippen LogP contribution in [0.5, 0.6) is 0 Å². The van der Waals surface area contributed by atoms with Crippen LogP contribution in [-0.4, -0.2) is 17.4 Å². The van der Waals surface area contributed by atoms with E-state index < -0.39 is 0 Å². The maximum atomic E-state index is 11.5. The third-order valence-electron chi connectivity index (χ3n) is 2.74. The van der Waals surface area contributed by atoms with Gasteiger partial charge >= 0.3 is 0 Å². The van der Waals surface area contributed by atoms with Crippen molar-refractivity contribution in [2.75, 3.05) is 6.54 Å². The van der Waals surface area contributed by atoms with Gasteiger partial charge in [0.05, 0.1) is 10.7 Å². The van der Waals surface area contributed by atoms with Crippen molar-refractivity contribution in [3.8, 4) is 0 Å². The number of thiazole rings is 1. The van der Waals surface area contributed by atoms with Gasteiger partial charge in [-0.3, -0.25) is 4.79 Å². The molecule has 1 aromatic rings. The lowest BCUT2D eigenvalue weighted by Gasteiger charge is -2.03. The molecule has 0 bridgehead atoms. The molecule has 1 amide bonds. The summed E-state index contributed by atoms with van der Waals surface area (Å²) in [7, 11) is 0. The summed E-state index contributed by atoms with van der Waals surface area (Å²) in [5.41, 5.74) is 1.09. The Balaban J connectivity index is 2.19. The third kappa shape index (κ3) is 5.31. The third-order valence-corrected chi connectivity index (χ3v) is 3.87. The zero-order valence-electron chi connectivity index (χ0n) is 11.0. The molecule has 0 aliphatic carbocycles. The largest absolute Gasteiger partial charge is 0.356 e. The molecule has 4 heteroatoms. The molecule has 0 fully saturated rings. The van der Waals surface area contributed by atoms with E-state index in [4.69, 9.17) is 0 Å². The molecular weight excluding hydrogens is 232 g/mol. The Labute approximate surface area is 108 Å². The Morgan fingerprint density at radius 2 is 2.12 bits per heavy atom. The average Bonchev–Trinajstić information content (AvgIpc) is 2.62. The van der Waals surface area contributed by atoms with Gasteiger partial charge in [-0.2, -0.15) is 0 Å². The molecule has 0 aliphatic heterocycles. The SMILES string of the molecule is CCCCCNC(=O)CCc1nc(C)c(C)s1. The van der Waals surface area contributed by atoms with E-state index in [9.17, 15) is 4.79 Å². The van der Waals surface area contributed by atoms with Gasteiger partial charge in [-0.1, -0.05) is 19.8 Å². The minimum Gasteiger partial charge on any atom is -0.356 e. The minimum absolute atomic E-state index is 0.145. The molecule has 0 radical (unpaired) electrons. The fourth-order valence-electron chi connectivity index (χ4n) is 1.56. The van der Waals surface area contributed by atoms with Gasteiger partial charge in [0.15, 0.2) is 0 Å². The monoisotopic (exact) mass is 254 g/mol. The highest BCUT2D eigenvalue weighted by Crippen LogP contribution is 2.17. The van der Waals surface area contributed by atoms with Gasteiger partial charge < -0.3 is 5.32 Å². The van der Waals surface area contributed by atoms with Crippen molar-refractivity contribution in [2.24, 2.45) is 0 Å². The van der Waals surface area contributed by atoms with Crippen molar-refractivity contribution in [2.45, 2.75) is 52.9 Å². The fourth-order valence-corrected chi connectivity index (χ4v) is 2.49. The zero-order chi connectivity index (χ0) is 12.7. The number of aryl methyl sites for hydroxylation is 3. The first-order valence-electron chi connectivity index (χ1n) is 6.33. The van der Waals surface area contributed by atoms with Crippen molar-refractivity contribution in [3.05, 3.63) is 15.6 Å². The second-order valence-electron chi connectivity index (χ2n) is 4.31. The molecule has 0 aliphatic rings. The van der Waals surface area contributed by atoms with Crippen molar-refractivity contribution in [1.29, 1.82) is 0 Å². The smallest absolute Gasteiger partial charge is 0.220 e. The Hall–Kier alpha value is -0.900. The van der Waals surface area contributed by atoms with E-state index in [1.807, 2.05) is 6.92 Å². The highest BCUT2D eigenvalue weighted by atomic mass is 32.1. The molecular formula is C13H22N2OS. The first-order chi connectivity index (χ1) is 8.13. The molecule has 1 aromatic heterocycles. The number of hydrogen-bond donors (Lipinski definition) is 1. The van der Waals surface area contributed by atoms with E-state index in [1.165, 1.54) is 17.7 Å². The lowest BCUT2D eigenvalue weighted by Crippen LogP contribution is -2.24. The zero-order valence-corrected chi connectivity index (χ0v) is 11.8. The number of nitrogens with zero attached hydrogens (tertiary/aromatic N) is 1. The highest BCUT2D eigenvalue weighted by Gasteiger charge is 2.06. The molecule has 1 rings (SSSR count). The van der Waals surface area contributed by atoms with Gasteiger partial charge in [0, 0.05) is 24.3 Å². The van der Waals surface area contributed by atoms with Crippen LogP contribution in [0.25, 0.3) is 0 Å². The van der Waals surface area contributed by atoms with Crippen molar-refractivity contribution >= 4 is 17.2 Å². The van der Waals surface area contributed by atoms with Crippen molar-refractivity contribution < 1.29 is 4.79 Å². The predicted octanol–water partition coefficient (Wildman–Crippen LogP) is 3.00. The standard InChI is InChI=1S/C13H22N2OS/c1-4-5-6-9-14-12(16)7-8-13-15-10(2)11(3)17-13/h4-9H2,1-3H3,(H,14,16). The normalized spacial score (nSPS) is 10.5. The number of carbonyl (C=O) groups excluding carboxylic acids is 1. The number of nitrogens with one attached hydrogen (secondary N) is 1. The molecule has 1 N–H and O–H groups in total. The number of amides is 1. The van der Waals surface area contributed by atoms with Gasteiger partial charge in [-0.05, 0) is 20.3 Å². The molecule has 0 saturated carbocycles. The summed E-state index contributed by atoms with van der Waals surface area (Å²) in [6.45, 7) is 7.05. The summed E-state index contributed by atoms with van der Waals surface area (Å²) in [5.74, 6) is 0.145. The number of hydrogen-bond acceptors (Lipinski definition) is 3. The first-order valence-corrected chi connectivity index (χ1v) is 7.14. The topological polar surface area (TPSA) is 42.0 Å². The molecule has 0 saturated heterocycles. The lowest BCUT2D eigenvalue weighted by molar-refractivity contribution is -0.121. The average molecular weight is 254 g/mol. The first kappa shape index (κ1) is 14.2. The summed E-state index contributed by atoms with van der Waals surface area (Å²) in [6.07, 6.45) is 4.77. The van der Waals surface area contributed by atoms with E-state index in [0.717, 1.165) is 30.1 Å². The van der Waals surface area contributed by atoms with E-state index in [1.54, 1.807) is 11.3 Å². The van der Waals surface area contributed by atoms with Gasteiger partial charge in [-0.15, -0.1) is 11.3 Å². The molecule has 0 aromatic carbocycles. The molecule has 0 atom stereocenters. The quantitative estimate of drug-likeness (QED) is 0.760. The lowest BCUT2D eigenvalue weighted by atomic mass is 10.2. The van der Waals surface area contributed by atoms with Gasteiger partial charge in [-0.25, -0.2) is 4.98 Å². The molecule has 0 unspecified atom stereocenters. The van der Waals surface area contributed by atoms with Crippen LogP contribution in [-0.2, 0) is 11.2 Å². The van der Waals surface area contributed by atoms with Crippen LogP contribution < -0.4 is 5.32 Å². The Morgan fingerprint density at radius 3 is 2.71 bits per heavy atom. The summed E-state index contributed by atoms with van der Waals surface area (Å²) < 4.78 is 0. The van der Waals surface area contributed by atoms with Crippen molar-refractivity contribution in [3.63, 3.8) is 0 Å². The van der Waals surface area contributed by atoms with Gasteiger partial charge in [0.25, 0.3) is 0 Å². The highest BCUT2D eigenvalue weighted by molar-refractivity contribution is 7.11. The Morgan fingerprint density at radius 1 is 1.35 bits per heavy atom. The fraction of sp³-hybridized carbons (Fsp3) is 0.692. The van der Waals surface area contributed by atoms with E-state index in [0.29, 0.717) is 6.42 Å². The summed E-state index contributed by atoms with van der Waals surface area (Å²) in [6, 6.07) is 0. The molecule has 0 spiro atoms. The van der Waals surface area contributed by atoms with E-state index >= 15 is 0 Å². The Bertz CT molecular complexity index is 341. The van der Waals surface area contributed by atoms with Crippen LogP contribution in [0.2, 0.25) is 0 Å². The maximum absolute atomic E-state index is 11.5. The number of rotatable bonds is 7. The van der Waals surface area contributed by atoms with E-state index in [-0.39, 0.29) is 5.91 Å². The predicted molar refractivity (Wildman–Crippen MR) is 72.4 cm³/mol. The number of aromatic nitrogens is 1. The van der Waals surface area contributed by atoms with Crippen LogP contribution in [0, 0.1) is 13.8 Å². The van der Waals surface area contributed by atoms with Gasteiger partial charge in [0.2, 0.25) is 5.91 Å². The van der Waals surface area contributed by atoms with Crippen LogP contribution in [0.4, 0.5) is 0 Å². The molecule has 3 nitrogen and oxygen atoms in total. The second kappa shape index (κ2) is 7.43. The minimum atomic E-state index is 0.145. The second-order valence-corrected chi connectivity index (χ2v) is 5.59. The van der Waals surface area contributed by atoms with Crippen LogP contribution >= 0.6 is 11.3 Å². The summed E-state index contributed by atoms with van der Waals surface area (Å²) in [4.78, 5) is 17.2. The van der Waals surface area contributed by atoms with Crippen molar-refractivity contribution in [1.82, 2.24) is 10.3 Å². The summed E-state index contributed by atoms with van der Waals surface area (Å²) >= 11 is 1.70. The van der Waals surface area contributed by atoms with Crippen LogP contribution in [0.15, 0.2) is 0 Å². The molecule has 96 valence electrons. The summed E-state index contributed by atoms with van der Waals surface area (Å²) in [5, 5.41) is 4.02. The van der Waals surface area contributed by atoms with E-state index in [2.05, 4.69) is 24.1 Å². The maximum Gasteiger partial charge on any atom is 0.220 e. The number of unbranched alkanes of at least 4 members (excludes halogenated alkanes) is 2. The molecule has 1 heterocycles. The Kier molecular flexibility index (Phi) is 6.19.